The number of aromatic hydroxyl groups is 1. The van der Waals surface area contributed by atoms with Crippen LogP contribution in [0.15, 0.2) is 65.8 Å². The van der Waals surface area contributed by atoms with E-state index in [0.29, 0.717) is 24.9 Å². The lowest BCUT2D eigenvalue weighted by Gasteiger charge is -2.30. The number of phenolic OH excluding ortho intramolecular Hbond substituents is 1. The Labute approximate surface area is 185 Å². The molecule has 0 atom stereocenters. The molecule has 1 aliphatic heterocycles. The molecule has 164 valence electrons. The van der Waals surface area contributed by atoms with E-state index in [1.807, 2.05) is 30.3 Å². The molecule has 3 aromatic rings. The van der Waals surface area contributed by atoms with E-state index >= 15 is 0 Å². The SMILES string of the molecule is O=C(N/N=C/c1c(O)ccc2ccccc12)C1CCN(Cc2ccc([N+](=O)[O-])cc2)CC1. The first-order valence-corrected chi connectivity index (χ1v) is 10.5. The number of carbonyl (C=O) groups is 1. The lowest BCUT2D eigenvalue weighted by molar-refractivity contribution is -0.384. The molecule has 4 rings (SSSR count). The van der Waals surface area contributed by atoms with Crippen molar-refractivity contribution >= 4 is 28.6 Å². The Morgan fingerprint density at radius 2 is 1.84 bits per heavy atom. The van der Waals surface area contributed by atoms with Crippen molar-refractivity contribution in [3.63, 3.8) is 0 Å². The van der Waals surface area contributed by atoms with Crippen molar-refractivity contribution in [2.24, 2.45) is 11.0 Å². The van der Waals surface area contributed by atoms with Gasteiger partial charge < -0.3 is 5.11 Å². The number of nitrogens with one attached hydrogen (secondary N) is 1. The molecule has 1 heterocycles. The van der Waals surface area contributed by atoms with Gasteiger partial charge >= 0.3 is 0 Å². The number of phenols is 1. The molecule has 1 saturated heterocycles. The third kappa shape index (κ3) is 4.92. The number of hydrazone groups is 1. The van der Waals surface area contributed by atoms with E-state index in [0.717, 1.165) is 29.4 Å². The zero-order chi connectivity index (χ0) is 22.5. The standard InChI is InChI=1S/C24H24N4O4/c29-23-10-7-18-3-1-2-4-21(18)22(23)15-25-26-24(30)19-11-13-27(14-12-19)16-17-5-8-20(9-6-17)28(31)32/h1-10,15,19,29H,11-14,16H2,(H,26,30)/b25-15+. The predicted octanol–water partition coefficient (Wildman–Crippen LogP) is 3.82. The van der Waals surface area contributed by atoms with Gasteiger partial charge in [-0.05, 0) is 48.3 Å². The minimum Gasteiger partial charge on any atom is -0.507 e. The molecule has 0 bridgehead atoms. The van der Waals surface area contributed by atoms with Crippen LogP contribution in [0.25, 0.3) is 10.8 Å². The monoisotopic (exact) mass is 432 g/mol. The van der Waals surface area contributed by atoms with Crippen LogP contribution >= 0.6 is 0 Å². The van der Waals surface area contributed by atoms with E-state index in [2.05, 4.69) is 15.4 Å². The molecule has 0 saturated carbocycles. The second kappa shape index (κ2) is 9.57. The Balaban J connectivity index is 1.30. The molecular weight excluding hydrogens is 408 g/mol. The maximum Gasteiger partial charge on any atom is 0.269 e. The van der Waals surface area contributed by atoms with E-state index in [4.69, 9.17) is 0 Å². The number of nitro benzene ring substituents is 1. The second-order valence-corrected chi connectivity index (χ2v) is 7.93. The summed E-state index contributed by atoms with van der Waals surface area (Å²) in [6, 6.07) is 17.7. The number of non-ortho nitro benzene ring substituents is 1. The van der Waals surface area contributed by atoms with Gasteiger partial charge in [-0.3, -0.25) is 19.8 Å². The Morgan fingerprint density at radius 3 is 2.56 bits per heavy atom. The molecule has 0 unspecified atom stereocenters. The van der Waals surface area contributed by atoms with E-state index in [9.17, 15) is 20.0 Å². The quantitative estimate of drug-likeness (QED) is 0.350. The maximum atomic E-state index is 12.5. The van der Waals surface area contributed by atoms with Gasteiger partial charge in [0, 0.05) is 30.2 Å². The molecule has 0 aromatic heterocycles. The average Bonchev–Trinajstić information content (AvgIpc) is 2.81. The molecule has 1 aliphatic rings. The first kappa shape index (κ1) is 21.5. The Morgan fingerprint density at radius 1 is 1.12 bits per heavy atom. The van der Waals surface area contributed by atoms with Crippen molar-refractivity contribution in [2.75, 3.05) is 13.1 Å². The number of piperidine rings is 1. The number of rotatable bonds is 6. The summed E-state index contributed by atoms with van der Waals surface area (Å²) in [5.41, 5.74) is 4.28. The summed E-state index contributed by atoms with van der Waals surface area (Å²) in [6.07, 6.45) is 2.92. The highest BCUT2D eigenvalue weighted by Gasteiger charge is 2.25. The van der Waals surface area contributed by atoms with Crippen LogP contribution in [-0.4, -0.2) is 40.1 Å². The molecule has 0 radical (unpaired) electrons. The van der Waals surface area contributed by atoms with Crippen LogP contribution in [0, 0.1) is 16.0 Å². The van der Waals surface area contributed by atoms with Gasteiger partial charge in [-0.2, -0.15) is 5.10 Å². The van der Waals surface area contributed by atoms with Crippen LogP contribution < -0.4 is 5.43 Å². The average molecular weight is 432 g/mol. The molecule has 1 amide bonds. The van der Waals surface area contributed by atoms with Crippen molar-refractivity contribution in [3.8, 4) is 5.75 Å². The second-order valence-electron chi connectivity index (χ2n) is 7.93. The number of nitro groups is 1. The van der Waals surface area contributed by atoms with Crippen LogP contribution in [-0.2, 0) is 11.3 Å². The maximum absolute atomic E-state index is 12.5. The number of amides is 1. The molecule has 3 aromatic carbocycles. The molecule has 0 aliphatic carbocycles. The number of carbonyl (C=O) groups excluding carboxylic acids is 1. The number of hydrogen-bond donors (Lipinski definition) is 2. The largest absolute Gasteiger partial charge is 0.507 e. The minimum absolute atomic E-state index is 0.0847. The van der Waals surface area contributed by atoms with Crippen LogP contribution in [0.2, 0.25) is 0 Å². The van der Waals surface area contributed by atoms with Gasteiger partial charge in [0.25, 0.3) is 5.69 Å². The number of hydrogen-bond acceptors (Lipinski definition) is 6. The summed E-state index contributed by atoms with van der Waals surface area (Å²) in [5.74, 6) is -0.140. The number of benzene rings is 3. The molecule has 32 heavy (non-hydrogen) atoms. The summed E-state index contributed by atoms with van der Waals surface area (Å²) in [5, 5.41) is 26.9. The zero-order valence-corrected chi connectivity index (χ0v) is 17.5. The first-order chi connectivity index (χ1) is 15.5. The van der Waals surface area contributed by atoms with E-state index in [1.165, 1.54) is 18.3 Å². The fraction of sp³-hybridized carbons (Fsp3) is 0.250. The smallest absolute Gasteiger partial charge is 0.269 e. The lowest BCUT2D eigenvalue weighted by Crippen LogP contribution is -2.39. The minimum atomic E-state index is -0.405. The van der Waals surface area contributed by atoms with Crippen LogP contribution in [0.1, 0.15) is 24.0 Å². The van der Waals surface area contributed by atoms with Gasteiger partial charge in [0.1, 0.15) is 5.75 Å². The topological polar surface area (TPSA) is 108 Å². The summed E-state index contributed by atoms with van der Waals surface area (Å²) in [4.78, 5) is 25.1. The highest BCUT2D eigenvalue weighted by Crippen LogP contribution is 2.25. The summed E-state index contributed by atoms with van der Waals surface area (Å²) in [7, 11) is 0. The fourth-order valence-electron chi connectivity index (χ4n) is 4.01. The van der Waals surface area contributed by atoms with Gasteiger partial charge in [-0.1, -0.05) is 42.5 Å². The van der Waals surface area contributed by atoms with Gasteiger partial charge in [-0.15, -0.1) is 0 Å². The molecular formula is C24H24N4O4. The van der Waals surface area contributed by atoms with Crippen LogP contribution in [0.4, 0.5) is 5.69 Å². The highest BCUT2D eigenvalue weighted by atomic mass is 16.6. The van der Waals surface area contributed by atoms with Gasteiger partial charge in [0.2, 0.25) is 5.91 Å². The lowest BCUT2D eigenvalue weighted by atomic mass is 9.96. The van der Waals surface area contributed by atoms with Gasteiger partial charge in [0.15, 0.2) is 0 Å². The Kier molecular flexibility index (Phi) is 6.42. The summed E-state index contributed by atoms with van der Waals surface area (Å²) < 4.78 is 0. The molecule has 1 fully saturated rings. The first-order valence-electron chi connectivity index (χ1n) is 10.5. The number of likely N-dealkylation sites (tertiary alicyclic amines) is 1. The third-order valence-electron chi connectivity index (χ3n) is 5.83. The predicted molar refractivity (Wildman–Crippen MR) is 122 cm³/mol. The van der Waals surface area contributed by atoms with Crippen molar-refractivity contribution in [1.29, 1.82) is 0 Å². The fourth-order valence-corrected chi connectivity index (χ4v) is 4.01. The van der Waals surface area contributed by atoms with Crippen LogP contribution in [0.3, 0.4) is 0 Å². The van der Waals surface area contributed by atoms with E-state index in [-0.39, 0.29) is 23.3 Å². The van der Waals surface area contributed by atoms with Crippen molar-refractivity contribution in [1.82, 2.24) is 10.3 Å². The highest BCUT2D eigenvalue weighted by molar-refractivity contribution is 6.02. The summed E-state index contributed by atoms with van der Waals surface area (Å²) >= 11 is 0. The number of fused-ring (bicyclic) bond motifs is 1. The molecule has 2 N–H and O–H groups in total. The van der Waals surface area contributed by atoms with E-state index < -0.39 is 4.92 Å². The van der Waals surface area contributed by atoms with Gasteiger partial charge in [0.05, 0.1) is 11.1 Å². The van der Waals surface area contributed by atoms with Crippen molar-refractivity contribution < 1.29 is 14.8 Å². The molecule has 0 spiro atoms. The molecule has 8 nitrogen and oxygen atoms in total. The van der Waals surface area contributed by atoms with Crippen molar-refractivity contribution in [2.45, 2.75) is 19.4 Å². The molecule has 8 heteroatoms. The number of nitrogens with zero attached hydrogens (tertiary/aromatic N) is 3. The van der Waals surface area contributed by atoms with Crippen LogP contribution in [0.5, 0.6) is 5.75 Å². The third-order valence-corrected chi connectivity index (χ3v) is 5.83. The Bertz CT molecular complexity index is 1150. The van der Waals surface area contributed by atoms with Crippen molar-refractivity contribution in [3.05, 3.63) is 81.9 Å². The normalized spacial score (nSPS) is 15.2. The van der Waals surface area contributed by atoms with Gasteiger partial charge in [-0.25, -0.2) is 5.43 Å². The Hall–Kier alpha value is -3.78. The summed E-state index contributed by atoms with van der Waals surface area (Å²) in [6.45, 7) is 2.23. The van der Waals surface area contributed by atoms with E-state index in [1.54, 1.807) is 18.2 Å². The zero-order valence-electron chi connectivity index (χ0n) is 17.5.